The molecule has 0 aromatic heterocycles. The quantitative estimate of drug-likeness (QED) is 0.699. The highest BCUT2D eigenvalue weighted by Gasteiger charge is 2.34. The van der Waals surface area contributed by atoms with Crippen LogP contribution >= 0.6 is 0 Å². The van der Waals surface area contributed by atoms with Crippen molar-refractivity contribution >= 4 is 5.91 Å². The van der Waals surface area contributed by atoms with Crippen LogP contribution in [0.25, 0.3) is 0 Å². The van der Waals surface area contributed by atoms with Gasteiger partial charge in [0.25, 0.3) is 0 Å². The number of carbonyl (C=O) groups is 1. The lowest BCUT2D eigenvalue weighted by atomic mass is 9.88. The Balaban J connectivity index is 2.52. The molecule has 0 saturated carbocycles. The summed E-state index contributed by atoms with van der Waals surface area (Å²) in [6.45, 7) is 6.38. The fourth-order valence-electron chi connectivity index (χ4n) is 3.27. The third kappa shape index (κ3) is 5.93. The number of aliphatic hydroxyl groups excluding tert-OH is 1. The van der Waals surface area contributed by atoms with Gasteiger partial charge in [-0.3, -0.25) is 4.79 Å². The van der Waals surface area contributed by atoms with Crippen molar-refractivity contribution in [1.82, 2.24) is 9.80 Å². The highest BCUT2D eigenvalue weighted by molar-refractivity contribution is 5.77. The van der Waals surface area contributed by atoms with Crippen molar-refractivity contribution in [2.75, 3.05) is 33.7 Å². The van der Waals surface area contributed by atoms with Gasteiger partial charge < -0.3 is 20.6 Å². The van der Waals surface area contributed by atoms with E-state index < -0.39 is 0 Å². The SMILES string of the molecule is CC(C)C(CCN)CCC(=O)N1CC(O)CC1CN(C)C. The molecule has 0 aliphatic carbocycles. The zero-order valence-electron chi connectivity index (χ0n) is 14.1. The lowest BCUT2D eigenvalue weighted by Gasteiger charge is -2.28. The van der Waals surface area contributed by atoms with Crippen molar-refractivity contribution in [2.24, 2.45) is 17.6 Å². The zero-order chi connectivity index (χ0) is 16.0. The van der Waals surface area contributed by atoms with Crippen LogP contribution in [0.1, 0.15) is 39.5 Å². The van der Waals surface area contributed by atoms with Gasteiger partial charge in [0, 0.05) is 25.6 Å². The third-order valence-corrected chi connectivity index (χ3v) is 4.50. The Hall–Kier alpha value is -0.650. The smallest absolute Gasteiger partial charge is 0.222 e. The molecule has 3 atom stereocenters. The number of nitrogens with zero attached hydrogens (tertiary/aromatic N) is 2. The largest absolute Gasteiger partial charge is 0.391 e. The van der Waals surface area contributed by atoms with E-state index in [1.807, 2.05) is 19.0 Å². The van der Waals surface area contributed by atoms with Gasteiger partial charge in [0.2, 0.25) is 5.91 Å². The van der Waals surface area contributed by atoms with E-state index in [9.17, 15) is 9.90 Å². The summed E-state index contributed by atoms with van der Waals surface area (Å²) >= 11 is 0. The lowest BCUT2D eigenvalue weighted by molar-refractivity contribution is -0.132. The number of hydrogen-bond donors (Lipinski definition) is 2. The summed E-state index contributed by atoms with van der Waals surface area (Å²) in [6.07, 6.45) is 2.77. The van der Waals surface area contributed by atoms with Gasteiger partial charge in [0.1, 0.15) is 0 Å². The molecule has 0 aromatic carbocycles. The molecule has 3 unspecified atom stereocenters. The van der Waals surface area contributed by atoms with Crippen LogP contribution in [0.5, 0.6) is 0 Å². The number of nitrogens with two attached hydrogens (primary N) is 1. The average molecular weight is 299 g/mol. The highest BCUT2D eigenvalue weighted by atomic mass is 16.3. The van der Waals surface area contributed by atoms with Gasteiger partial charge in [0.15, 0.2) is 0 Å². The molecule has 1 aliphatic heterocycles. The number of likely N-dealkylation sites (N-methyl/N-ethyl adjacent to an activating group) is 1. The van der Waals surface area contributed by atoms with E-state index in [4.69, 9.17) is 5.73 Å². The predicted molar refractivity (Wildman–Crippen MR) is 85.9 cm³/mol. The molecule has 21 heavy (non-hydrogen) atoms. The van der Waals surface area contributed by atoms with Gasteiger partial charge in [-0.1, -0.05) is 13.8 Å². The Morgan fingerprint density at radius 1 is 1.38 bits per heavy atom. The predicted octanol–water partition coefficient (Wildman–Crippen LogP) is 0.911. The lowest BCUT2D eigenvalue weighted by Crippen LogP contribution is -2.41. The molecule has 1 aliphatic rings. The third-order valence-electron chi connectivity index (χ3n) is 4.50. The van der Waals surface area contributed by atoms with Crippen LogP contribution in [0.2, 0.25) is 0 Å². The normalized spacial score (nSPS) is 24.1. The van der Waals surface area contributed by atoms with E-state index in [0.717, 1.165) is 19.4 Å². The molecular formula is C16H33N3O2. The van der Waals surface area contributed by atoms with Crippen molar-refractivity contribution in [3.05, 3.63) is 0 Å². The van der Waals surface area contributed by atoms with Crippen molar-refractivity contribution in [1.29, 1.82) is 0 Å². The van der Waals surface area contributed by atoms with Crippen LogP contribution in [0, 0.1) is 11.8 Å². The Bertz CT molecular complexity index is 321. The van der Waals surface area contributed by atoms with Gasteiger partial charge in [-0.25, -0.2) is 0 Å². The summed E-state index contributed by atoms with van der Waals surface area (Å²) in [5.74, 6) is 1.25. The maximum atomic E-state index is 12.5. The molecule has 124 valence electrons. The summed E-state index contributed by atoms with van der Waals surface area (Å²) in [7, 11) is 4.01. The van der Waals surface area contributed by atoms with E-state index in [2.05, 4.69) is 18.7 Å². The minimum absolute atomic E-state index is 0.148. The number of aliphatic hydroxyl groups is 1. The van der Waals surface area contributed by atoms with E-state index in [1.54, 1.807) is 0 Å². The molecule has 1 fully saturated rings. The molecule has 5 nitrogen and oxygen atoms in total. The fraction of sp³-hybridized carbons (Fsp3) is 0.938. The second-order valence-electron chi connectivity index (χ2n) is 6.97. The summed E-state index contributed by atoms with van der Waals surface area (Å²) < 4.78 is 0. The van der Waals surface area contributed by atoms with Gasteiger partial charge >= 0.3 is 0 Å². The first-order chi connectivity index (χ1) is 9.85. The number of rotatable bonds is 8. The van der Waals surface area contributed by atoms with Gasteiger partial charge in [-0.2, -0.15) is 0 Å². The van der Waals surface area contributed by atoms with Gasteiger partial charge in [0.05, 0.1) is 6.10 Å². The van der Waals surface area contributed by atoms with Crippen molar-refractivity contribution in [3.63, 3.8) is 0 Å². The minimum Gasteiger partial charge on any atom is -0.391 e. The number of amides is 1. The van der Waals surface area contributed by atoms with E-state index >= 15 is 0 Å². The fourth-order valence-corrected chi connectivity index (χ4v) is 3.27. The first-order valence-electron chi connectivity index (χ1n) is 8.17. The van der Waals surface area contributed by atoms with Crippen molar-refractivity contribution < 1.29 is 9.90 Å². The highest BCUT2D eigenvalue weighted by Crippen LogP contribution is 2.24. The molecule has 3 N–H and O–H groups in total. The summed E-state index contributed by atoms with van der Waals surface area (Å²) in [6, 6.07) is 0.148. The first-order valence-corrected chi connectivity index (χ1v) is 8.17. The van der Waals surface area contributed by atoms with Gasteiger partial charge in [-0.05, 0) is 51.7 Å². The zero-order valence-corrected chi connectivity index (χ0v) is 14.1. The second-order valence-corrected chi connectivity index (χ2v) is 6.97. The van der Waals surface area contributed by atoms with Crippen LogP contribution in [0.4, 0.5) is 0 Å². The average Bonchev–Trinajstić information content (AvgIpc) is 2.73. The topological polar surface area (TPSA) is 69.8 Å². The summed E-state index contributed by atoms with van der Waals surface area (Å²) in [4.78, 5) is 16.4. The van der Waals surface area contributed by atoms with Crippen LogP contribution in [-0.2, 0) is 4.79 Å². The number of β-amino-alcohol motifs (C(OH)–C–C–N with tert-alkyl or cyclic N) is 1. The maximum absolute atomic E-state index is 12.5. The molecule has 1 rings (SSSR count). The van der Waals surface area contributed by atoms with Crippen LogP contribution in [0.3, 0.4) is 0 Å². The number of hydrogen-bond acceptors (Lipinski definition) is 4. The monoisotopic (exact) mass is 299 g/mol. The Labute approximate surface area is 129 Å². The van der Waals surface area contributed by atoms with Crippen LogP contribution < -0.4 is 5.73 Å². The molecule has 0 aromatic rings. The van der Waals surface area contributed by atoms with E-state index in [1.165, 1.54) is 0 Å². The molecule has 1 saturated heterocycles. The molecule has 0 spiro atoms. The maximum Gasteiger partial charge on any atom is 0.222 e. The first kappa shape index (κ1) is 18.4. The molecule has 1 heterocycles. The number of carbonyl (C=O) groups excluding carboxylic acids is 1. The Morgan fingerprint density at radius 3 is 2.57 bits per heavy atom. The van der Waals surface area contributed by atoms with E-state index in [0.29, 0.717) is 37.8 Å². The Morgan fingerprint density at radius 2 is 2.05 bits per heavy atom. The molecule has 0 bridgehead atoms. The summed E-state index contributed by atoms with van der Waals surface area (Å²) in [5, 5.41) is 9.85. The standard InChI is InChI=1S/C16H33N3O2/c1-12(2)13(7-8-17)5-6-16(21)19-11-15(20)9-14(19)10-18(3)4/h12-15,20H,5-11,17H2,1-4H3. The molecule has 1 amide bonds. The van der Waals surface area contributed by atoms with E-state index in [-0.39, 0.29) is 18.1 Å². The van der Waals surface area contributed by atoms with Crippen LogP contribution in [0.15, 0.2) is 0 Å². The summed E-state index contributed by atoms with van der Waals surface area (Å²) in [5.41, 5.74) is 5.66. The van der Waals surface area contributed by atoms with Crippen LogP contribution in [-0.4, -0.2) is 66.7 Å². The molecule has 5 heteroatoms. The van der Waals surface area contributed by atoms with Crippen molar-refractivity contribution in [2.45, 2.75) is 51.7 Å². The Kier molecular flexibility index (Phi) is 7.63. The second kappa shape index (κ2) is 8.71. The minimum atomic E-state index is -0.371. The molecular weight excluding hydrogens is 266 g/mol. The van der Waals surface area contributed by atoms with Crippen molar-refractivity contribution in [3.8, 4) is 0 Å². The molecule has 0 radical (unpaired) electrons. The van der Waals surface area contributed by atoms with Gasteiger partial charge in [-0.15, -0.1) is 0 Å². The number of likely N-dealkylation sites (tertiary alicyclic amines) is 1.